The molecule has 0 aliphatic rings. The Hall–Kier alpha value is -2.12. The van der Waals surface area contributed by atoms with E-state index in [1.54, 1.807) is 37.4 Å². The van der Waals surface area contributed by atoms with Gasteiger partial charge in [-0.25, -0.2) is 0 Å². The predicted molar refractivity (Wildman–Crippen MR) is 69.1 cm³/mol. The number of aryl methyl sites for hydroxylation is 1. The first kappa shape index (κ1) is 14.9. The van der Waals surface area contributed by atoms with Gasteiger partial charge in [-0.05, 0) is 16.8 Å². The minimum Gasteiger partial charge on any atom is -0.466 e. The normalized spacial score (nSPS) is 10.3. The van der Waals surface area contributed by atoms with Crippen molar-refractivity contribution < 1.29 is 14.5 Å². The molecule has 0 amide bonds. The van der Waals surface area contributed by atoms with Crippen molar-refractivity contribution in [3.05, 3.63) is 15.9 Å². The molecule has 0 saturated heterocycles. The van der Waals surface area contributed by atoms with Crippen molar-refractivity contribution in [1.82, 2.24) is 9.55 Å². The van der Waals surface area contributed by atoms with E-state index in [-0.39, 0.29) is 18.2 Å². The molecule has 106 valence electrons. The fourth-order valence-corrected chi connectivity index (χ4v) is 1.73. The number of ether oxygens (including phenoxy) is 1. The monoisotopic (exact) mass is 270 g/mol. The zero-order chi connectivity index (χ0) is 14.6. The van der Waals surface area contributed by atoms with Crippen LogP contribution in [0.4, 0.5) is 11.6 Å². The lowest BCUT2D eigenvalue weighted by Crippen LogP contribution is -2.24. The van der Waals surface area contributed by atoms with Gasteiger partial charge in [-0.15, -0.1) is 0 Å². The highest BCUT2D eigenvalue weighted by Crippen LogP contribution is 2.26. The van der Waals surface area contributed by atoms with Crippen molar-refractivity contribution in [2.75, 3.05) is 25.1 Å². The van der Waals surface area contributed by atoms with Crippen molar-refractivity contribution in [2.45, 2.75) is 20.3 Å². The van der Waals surface area contributed by atoms with Crippen molar-refractivity contribution >= 4 is 17.6 Å². The van der Waals surface area contributed by atoms with Gasteiger partial charge >= 0.3 is 11.8 Å². The summed E-state index contributed by atoms with van der Waals surface area (Å²) in [7, 11) is 3.38. The van der Waals surface area contributed by atoms with Crippen molar-refractivity contribution in [3.63, 3.8) is 0 Å². The third kappa shape index (κ3) is 3.43. The average molecular weight is 270 g/mol. The Labute approximate surface area is 111 Å². The third-order valence-electron chi connectivity index (χ3n) is 2.76. The maximum Gasteiger partial charge on any atom is 0.406 e. The second-order valence-electron chi connectivity index (χ2n) is 4.10. The minimum atomic E-state index is -0.525. The van der Waals surface area contributed by atoms with Crippen molar-refractivity contribution in [1.29, 1.82) is 0 Å². The molecule has 0 aliphatic heterocycles. The molecule has 0 spiro atoms. The third-order valence-corrected chi connectivity index (χ3v) is 2.76. The standard InChI is InChI=1S/C11H18N4O4/c1-5-19-9(16)6-7-13(3)11-10(15(17)18)12-8(2)14(11)4/h5-7H2,1-4H3. The SMILES string of the molecule is CCOC(=O)CCN(C)c1c([N+](=O)[O-])nc(C)n1C. The van der Waals surface area contributed by atoms with Gasteiger partial charge in [-0.1, -0.05) is 0 Å². The zero-order valence-corrected chi connectivity index (χ0v) is 11.5. The zero-order valence-electron chi connectivity index (χ0n) is 11.5. The van der Waals surface area contributed by atoms with Crippen LogP contribution in [0.1, 0.15) is 19.2 Å². The Bertz CT molecular complexity index is 483. The van der Waals surface area contributed by atoms with Crippen LogP contribution in [0.2, 0.25) is 0 Å². The van der Waals surface area contributed by atoms with Crippen LogP contribution in [0.5, 0.6) is 0 Å². The summed E-state index contributed by atoms with van der Waals surface area (Å²) in [5, 5.41) is 10.9. The Morgan fingerprint density at radius 2 is 2.21 bits per heavy atom. The molecule has 0 radical (unpaired) electrons. The summed E-state index contributed by atoms with van der Waals surface area (Å²) in [5.41, 5.74) is 0. The van der Waals surface area contributed by atoms with Gasteiger partial charge in [-0.2, -0.15) is 0 Å². The van der Waals surface area contributed by atoms with E-state index in [2.05, 4.69) is 4.98 Å². The van der Waals surface area contributed by atoms with Crippen LogP contribution in [-0.4, -0.2) is 40.6 Å². The molecule has 0 bridgehead atoms. The number of esters is 1. The van der Waals surface area contributed by atoms with Crippen LogP contribution in [0.25, 0.3) is 0 Å². The summed E-state index contributed by atoms with van der Waals surface area (Å²) in [4.78, 5) is 27.2. The van der Waals surface area contributed by atoms with E-state index in [0.29, 0.717) is 24.8 Å². The van der Waals surface area contributed by atoms with Gasteiger partial charge in [0.2, 0.25) is 11.6 Å². The lowest BCUT2D eigenvalue weighted by atomic mass is 10.4. The molecule has 19 heavy (non-hydrogen) atoms. The summed E-state index contributed by atoms with van der Waals surface area (Å²) < 4.78 is 6.45. The summed E-state index contributed by atoms with van der Waals surface area (Å²) in [6.45, 7) is 4.08. The maximum atomic E-state index is 11.3. The number of carbonyl (C=O) groups is 1. The van der Waals surface area contributed by atoms with Gasteiger partial charge in [-0.3, -0.25) is 9.36 Å². The Morgan fingerprint density at radius 3 is 2.74 bits per heavy atom. The molecule has 0 atom stereocenters. The maximum absolute atomic E-state index is 11.3. The number of nitro groups is 1. The van der Waals surface area contributed by atoms with Gasteiger partial charge in [0.15, 0.2) is 0 Å². The first-order valence-electron chi connectivity index (χ1n) is 5.93. The van der Waals surface area contributed by atoms with E-state index < -0.39 is 4.92 Å². The molecule has 8 nitrogen and oxygen atoms in total. The summed E-state index contributed by atoms with van der Waals surface area (Å²) >= 11 is 0. The topological polar surface area (TPSA) is 90.5 Å². The van der Waals surface area contributed by atoms with Crippen molar-refractivity contribution in [3.8, 4) is 0 Å². The van der Waals surface area contributed by atoms with Crippen LogP contribution in [0.15, 0.2) is 0 Å². The highest BCUT2D eigenvalue weighted by atomic mass is 16.6. The molecule has 0 unspecified atom stereocenters. The molecule has 0 saturated carbocycles. The molecule has 1 rings (SSSR count). The van der Waals surface area contributed by atoms with E-state index >= 15 is 0 Å². The minimum absolute atomic E-state index is 0.172. The average Bonchev–Trinajstić information content (AvgIpc) is 2.64. The Morgan fingerprint density at radius 1 is 1.58 bits per heavy atom. The summed E-state index contributed by atoms with van der Waals surface area (Å²) in [6, 6.07) is 0. The van der Waals surface area contributed by atoms with Gasteiger partial charge in [0.25, 0.3) is 0 Å². The lowest BCUT2D eigenvalue weighted by Gasteiger charge is -2.17. The number of nitrogens with zero attached hydrogens (tertiary/aromatic N) is 4. The first-order valence-corrected chi connectivity index (χ1v) is 5.93. The second kappa shape index (κ2) is 6.17. The molecule has 0 aromatic carbocycles. The fourth-order valence-electron chi connectivity index (χ4n) is 1.73. The van der Waals surface area contributed by atoms with Crippen LogP contribution >= 0.6 is 0 Å². The Balaban J connectivity index is 2.84. The molecule has 8 heteroatoms. The molecule has 0 fully saturated rings. The van der Waals surface area contributed by atoms with E-state index in [1.807, 2.05) is 0 Å². The van der Waals surface area contributed by atoms with E-state index in [1.165, 1.54) is 0 Å². The molecule has 0 aliphatic carbocycles. The van der Waals surface area contributed by atoms with Crippen LogP contribution in [0, 0.1) is 17.0 Å². The molecule has 1 aromatic rings. The van der Waals surface area contributed by atoms with Gasteiger partial charge < -0.3 is 19.8 Å². The van der Waals surface area contributed by atoms with E-state index in [9.17, 15) is 14.9 Å². The number of hydrogen-bond acceptors (Lipinski definition) is 6. The van der Waals surface area contributed by atoms with Crippen LogP contribution in [-0.2, 0) is 16.6 Å². The largest absolute Gasteiger partial charge is 0.466 e. The Kier molecular flexibility index (Phi) is 4.85. The number of imidazole rings is 1. The summed E-state index contributed by atoms with van der Waals surface area (Å²) in [5.74, 6) is 0.402. The number of hydrogen-bond donors (Lipinski definition) is 0. The van der Waals surface area contributed by atoms with Crippen molar-refractivity contribution in [2.24, 2.45) is 7.05 Å². The highest BCUT2D eigenvalue weighted by molar-refractivity contribution is 5.70. The molecular weight excluding hydrogens is 252 g/mol. The molecule has 0 N–H and O–H groups in total. The molecule has 1 heterocycles. The lowest BCUT2D eigenvalue weighted by molar-refractivity contribution is -0.388. The number of aromatic nitrogens is 2. The van der Waals surface area contributed by atoms with Crippen LogP contribution < -0.4 is 4.90 Å². The van der Waals surface area contributed by atoms with E-state index in [4.69, 9.17) is 4.74 Å². The van der Waals surface area contributed by atoms with E-state index in [0.717, 1.165) is 0 Å². The highest BCUT2D eigenvalue weighted by Gasteiger charge is 2.26. The molecular formula is C11H18N4O4. The number of anilines is 1. The first-order chi connectivity index (χ1) is 8.88. The predicted octanol–water partition coefficient (Wildman–Crippen LogP) is 1.03. The number of rotatable bonds is 6. The smallest absolute Gasteiger partial charge is 0.406 e. The second-order valence-corrected chi connectivity index (χ2v) is 4.10. The quantitative estimate of drug-likeness (QED) is 0.435. The van der Waals surface area contributed by atoms with Crippen LogP contribution in [0.3, 0.4) is 0 Å². The fraction of sp³-hybridized carbons (Fsp3) is 0.636. The van der Waals surface area contributed by atoms with Gasteiger partial charge in [0, 0.05) is 27.6 Å². The number of carbonyl (C=O) groups excluding carboxylic acids is 1. The summed E-state index contributed by atoms with van der Waals surface area (Å²) in [6.07, 6.45) is 0.172. The van der Waals surface area contributed by atoms with Gasteiger partial charge in [0.05, 0.1) is 13.0 Å². The molecule has 1 aromatic heterocycles. The van der Waals surface area contributed by atoms with Gasteiger partial charge in [0.1, 0.15) is 0 Å².